The zero-order chi connectivity index (χ0) is 19.9. The van der Waals surface area contributed by atoms with Crippen molar-refractivity contribution >= 4 is 5.91 Å². The molecular formula is C20H23F3N4O. The van der Waals surface area contributed by atoms with Crippen molar-refractivity contribution in [2.45, 2.75) is 56.9 Å². The van der Waals surface area contributed by atoms with E-state index < -0.39 is 11.7 Å². The Kier molecular flexibility index (Phi) is 4.91. The molecule has 1 amide bonds. The molecule has 28 heavy (non-hydrogen) atoms. The van der Waals surface area contributed by atoms with E-state index in [4.69, 9.17) is 5.73 Å². The van der Waals surface area contributed by atoms with Gasteiger partial charge in [0, 0.05) is 31.6 Å². The smallest absolute Gasteiger partial charge is 0.331 e. The highest BCUT2D eigenvalue weighted by Gasteiger charge is 2.39. The van der Waals surface area contributed by atoms with Gasteiger partial charge in [0.1, 0.15) is 0 Å². The van der Waals surface area contributed by atoms with Crippen LogP contribution in [0.25, 0.3) is 0 Å². The molecule has 1 fully saturated rings. The van der Waals surface area contributed by atoms with Crippen LogP contribution < -0.4 is 5.73 Å². The molecule has 2 heterocycles. The molecule has 2 aromatic rings. The van der Waals surface area contributed by atoms with Crippen molar-refractivity contribution in [2.24, 2.45) is 5.73 Å². The van der Waals surface area contributed by atoms with E-state index in [1.54, 1.807) is 17.2 Å². The number of rotatable bonds is 5. The highest BCUT2D eigenvalue weighted by Crippen LogP contribution is 2.37. The number of nitrogens with two attached hydrogens (primary N) is 1. The first-order valence-electron chi connectivity index (χ1n) is 9.62. The number of amides is 1. The third-order valence-electron chi connectivity index (χ3n) is 5.62. The quantitative estimate of drug-likeness (QED) is 0.847. The standard InChI is InChI=1S/C20H23F3N4O/c21-20(22,23)17-6-2-1-4-14(17)12-26(15-7-8-15)19(28)16-11-25-27-9-3-5-13(10-24)18(16)27/h1-2,4,6,11,13,15H,3,5,7-10,12,24H2. The lowest BCUT2D eigenvalue weighted by molar-refractivity contribution is -0.138. The SMILES string of the molecule is NCC1CCCn2ncc(C(=O)N(Cc3ccccc3C(F)(F)F)C3CC3)c21. The first-order chi connectivity index (χ1) is 13.4. The number of benzene rings is 1. The van der Waals surface area contributed by atoms with E-state index in [0.717, 1.165) is 44.0 Å². The summed E-state index contributed by atoms with van der Waals surface area (Å²) in [6.07, 6.45) is 0.568. The van der Waals surface area contributed by atoms with Crippen LogP contribution in [0.3, 0.4) is 0 Å². The van der Waals surface area contributed by atoms with Gasteiger partial charge in [0.15, 0.2) is 0 Å². The minimum absolute atomic E-state index is 0.0238. The lowest BCUT2D eigenvalue weighted by atomic mass is 9.93. The summed E-state index contributed by atoms with van der Waals surface area (Å²) in [7, 11) is 0. The lowest BCUT2D eigenvalue weighted by Crippen LogP contribution is -2.35. The van der Waals surface area contributed by atoms with Crippen LogP contribution >= 0.6 is 0 Å². The fraction of sp³-hybridized carbons (Fsp3) is 0.500. The maximum Gasteiger partial charge on any atom is 0.416 e. The number of aryl methyl sites for hydroxylation is 1. The maximum atomic E-state index is 13.4. The predicted octanol–water partition coefficient (Wildman–Crippen LogP) is 3.54. The minimum atomic E-state index is -4.45. The fourth-order valence-corrected chi connectivity index (χ4v) is 4.05. The van der Waals surface area contributed by atoms with Gasteiger partial charge in [-0.2, -0.15) is 18.3 Å². The summed E-state index contributed by atoms with van der Waals surface area (Å²) in [4.78, 5) is 14.9. The van der Waals surface area contributed by atoms with Gasteiger partial charge in [0.25, 0.3) is 5.91 Å². The number of carbonyl (C=O) groups excluding carboxylic acids is 1. The van der Waals surface area contributed by atoms with Gasteiger partial charge in [-0.1, -0.05) is 18.2 Å². The summed E-state index contributed by atoms with van der Waals surface area (Å²) >= 11 is 0. The second-order valence-electron chi connectivity index (χ2n) is 7.56. The molecule has 2 N–H and O–H groups in total. The molecule has 4 rings (SSSR count). The van der Waals surface area contributed by atoms with Crippen molar-refractivity contribution in [1.82, 2.24) is 14.7 Å². The number of nitrogens with zero attached hydrogens (tertiary/aromatic N) is 3. The Hall–Kier alpha value is -2.35. The Labute approximate surface area is 161 Å². The molecule has 1 aliphatic carbocycles. The van der Waals surface area contributed by atoms with Gasteiger partial charge in [-0.25, -0.2) is 0 Å². The first kappa shape index (κ1) is 19.0. The van der Waals surface area contributed by atoms with E-state index >= 15 is 0 Å². The number of carbonyl (C=O) groups is 1. The van der Waals surface area contributed by atoms with Crippen molar-refractivity contribution in [1.29, 1.82) is 0 Å². The highest BCUT2D eigenvalue weighted by atomic mass is 19.4. The van der Waals surface area contributed by atoms with E-state index in [1.807, 2.05) is 4.68 Å². The highest BCUT2D eigenvalue weighted by molar-refractivity contribution is 5.95. The van der Waals surface area contributed by atoms with Crippen LogP contribution in [0.1, 0.15) is 58.8 Å². The maximum absolute atomic E-state index is 13.4. The molecule has 1 atom stereocenters. The largest absolute Gasteiger partial charge is 0.416 e. The summed E-state index contributed by atoms with van der Waals surface area (Å²) in [6.45, 7) is 1.10. The Balaban J connectivity index is 1.66. The lowest BCUT2D eigenvalue weighted by Gasteiger charge is -2.27. The van der Waals surface area contributed by atoms with Gasteiger partial charge in [-0.05, 0) is 37.3 Å². The molecule has 2 aliphatic rings. The third kappa shape index (κ3) is 3.53. The van der Waals surface area contributed by atoms with Crippen molar-refractivity contribution < 1.29 is 18.0 Å². The molecular weight excluding hydrogens is 369 g/mol. The Bertz CT molecular complexity index is 873. The Morgan fingerprint density at radius 2 is 2.00 bits per heavy atom. The third-order valence-corrected chi connectivity index (χ3v) is 5.62. The summed E-state index contributed by atoms with van der Waals surface area (Å²) in [5.41, 5.74) is 6.63. The molecule has 1 aromatic heterocycles. The minimum Gasteiger partial charge on any atom is -0.331 e. The molecule has 1 aliphatic heterocycles. The van der Waals surface area contributed by atoms with Crippen molar-refractivity contribution in [2.75, 3.05) is 6.54 Å². The topological polar surface area (TPSA) is 64.2 Å². The summed E-state index contributed by atoms with van der Waals surface area (Å²) in [5.74, 6) is -0.195. The summed E-state index contributed by atoms with van der Waals surface area (Å²) < 4.78 is 42.0. The molecule has 8 heteroatoms. The van der Waals surface area contributed by atoms with Crippen LogP contribution in [-0.2, 0) is 19.3 Å². The second-order valence-corrected chi connectivity index (χ2v) is 7.56. The van der Waals surface area contributed by atoms with Gasteiger partial charge in [-0.15, -0.1) is 0 Å². The van der Waals surface area contributed by atoms with Crippen molar-refractivity contribution in [3.05, 3.63) is 52.8 Å². The van der Waals surface area contributed by atoms with Crippen LogP contribution in [0.15, 0.2) is 30.5 Å². The molecule has 1 aromatic carbocycles. The van der Waals surface area contributed by atoms with Gasteiger partial charge in [0.2, 0.25) is 0 Å². The van der Waals surface area contributed by atoms with Gasteiger partial charge in [0.05, 0.1) is 23.0 Å². The fourth-order valence-electron chi connectivity index (χ4n) is 4.05. The van der Waals surface area contributed by atoms with E-state index in [2.05, 4.69) is 5.10 Å². The molecule has 5 nitrogen and oxygen atoms in total. The molecule has 1 saturated carbocycles. The molecule has 0 bridgehead atoms. The van der Waals surface area contributed by atoms with Crippen LogP contribution in [-0.4, -0.2) is 33.2 Å². The molecule has 0 radical (unpaired) electrons. The average Bonchev–Trinajstić information content (AvgIpc) is 3.42. The molecule has 0 spiro atoms. The Morgan fingerprint density at radius 3 is 2.68 bits per heavy atom. The number of hydrogen-bond acceptors (Lipinski definition) is 3. The van der Waals surface area contributed by atoms with Crippen molar-refractivity contribution in [3.8, 4) is 0 Å². The monoisotopic (exact) mass is 392 g/mol. The Morgan fingerprint density at radius 1 is 1.25 bits per heavy atom. The van der Waals surface area contributed by atoms with Crippen LogP contribution in [0.5, 0.6) is 0 Å². The molecule has 0 saturated heterocycles. The normalized spacial score (nSPS) is 19.4. The zero-order valence-corrected chi connectivity index (χ0v) is 15.5. The molecule has 1 unspecified atom stereocenters. The summed E-state index contributed by atoms with van der Waals surface area (Å²) in [5, 5.41) is 4.34. The van der Waals surface area contributed by atoms with E-state index in [-0.39, 0.29) is 30.0 Å². The van der Waals surface area contributed by atoms with E-state index in [9.17, 15) is 18.0 Å². The average molecular weight is 392 g/mol. The van der Waals surface area contributed by atoms with E-state index in [1.165, 1.54) is 12.1 Å². The molecule has 150 valence electrons. The number of alkyl halides is 3. The van der Waals surface area contributed by atoms with Crippen LogP contribution in [0, 0.1) is 0 Å². The number of fused-ring (bicyclic) bond motifs is 1. The van der Waals surface area contributed by atoms with Crippen molar-refractivity contribution in [3.63, 3.8) is 0 Å². The number of aromatic nitrogens is 2. The second kappa shape index (κ2) is 7.24. The number of hydrogen-bond donors (Lipinski definition) is 1. The van der Waals surface area contributed by atoms with Gasteiger partial charge in [-0.3, -0.25) is 9.48 Å². The summed E-state index contributed by atoms with van der Waals surface area (Å²) in [6, 6.07) is 5.44. The first-order valence-corrected chi connectivity index (χ1v) is 9.62. The predicted molar refractivity (Wildman–Crippen MR) is 97.6 cm³/mol. The number of halogens is 3. The van der Waals surface area contributed by atoms with Crippen LogP contribution in [0.2, 0.25) is 0 Å². The van der Waals surface area contributed by atoms with Gasteiger partial charge < -0.3 is 10.6 Å². The zero-order valence-electron chi connectivity index (χ0n) is 15.5. The van der Waals surface area contributed by atoms with Crippen LogP contribution in [0.4, 0.5) is 13.2 Å². The van der Waals surface area contributed by atoms with Gasteiger partial charge >= 0.3 is 6.18 Å². The van der Waals surface area contributed by atoms with E-state index in [0.29, 0.717) is 12.1 Å².